The molecule has 0 aromatic rings. The van der Waals surface area contributed by atoms with E-state index < -0.39 is 0 Å². The van der Waals surface area contributed by atoms with E-state index in [0.29, 0.717) is 31.5 Å². The number of amides is 3. The molecule has 2 fully saturated rings. The van der Waals surface area contributed by atoms with Crippen molar-refractivity contribution < 1.29 is 9.59 Å². The van der Waals surface area contributed by atoms with Crippen molar-refractivity contribution in [1.82, 2.24) is 15.5 Å². The van der Waals surface area contributed by atoms with Crippen molar-refractivity contribution in [2.24, 2.45) is 11.7 Å². The molecule has 1 heterocycles. The average Bonchev–Trinajstić information content (AvgIpc) is 3.08. The van der Waals surface area contributed by atoms with E-state index in [1.165, 1.54) is 19.3 Å². The smallest absolute Gasteiger partial charge is 0.315 e. The maximum absolute atomic E-state index is 12.1. The van der Waals surface area contributed by atoms with Crippen molar-refractivity contribution in [2.45, 2.75) is 70.3 Å². The summed E-state index contributed by atoms with van der Waals surface area (Å²) in [5, 5.41) is 5.98. The lowest BCUT2D eigenvalue weighted by molar-refractivity contribution is -0.130. The van der Waals surface area contributed by atoms with Crippen LogP contribution >= 0.6 is 12.4 Å². The molecule has 2 aliphatic rings. The largest absolute Gasteiger partial charge is 0.342 e. The van der Waals surface area contributed by atoms with E-state index in [1.54, 1.807) is 0 Å². The first kappa shape index (κ1) is 22.0. The number of nitrogens with zero attached hydrogens (tertiary/aromatic N) is 1. The highest BCUT2D eigenvalue weighted by molar-refractivity contribution is 5.85. The van der Waals surface area contributed by atoms with Crippen molar-refractivity contribution in [3.63, 3.8) is 0 Å². The second-order valence-corrected chi connectivity index (χ2v) is 7.28. The van der Waals surface area contributed by atoms with Crippen molar-refractivity contribution in [2.75, 3.05) is 26.2 Å². The number of urea groups is 1. The van der Waals surface area contributed by atoms with Crippen LogP contribution in [0.2, 0.25) is 0 Å². The van der Waals surface area contributed by atoms with E-state index in [0.717, 1.165) is 51.6 Å². The van der Waals surface area contributed by atoms with Crippen LogP contribution in [0.1, 0.15) is 64.2 Å². The summed E-state index contributed by atoms with van der Waals surface area (Å²) < 4.78 is 0. The molecule has 25 heavy (non-hydrogen) atoms. The van der Waals surface area contributed by atoms with Gasteiger partial charge in [0.1, 0.15) is 0 Å². The molecule has 0 spiro atoms. The Kier molecular flexibility index (Phi) is 10.9. The second-order valence-electron chi connectivity index (χ2n) is 7.28. The zero-order valence-corrected chi connectivity index (χ0v) is 16.1. The third kappa shape index (κ3) is 8.27. The van der Waals surface area contributed by atoms with Crippen LogP contribution in [0.4, 0.5) is 4.79 Å². The van der Waals surface area contributed by atoms with Crippen molar-refractivity contribution >= 4 is 24.3 Å². The summed E-state index contributed by atoms with van der Waals surface area (Å²) in [6.45, 7) is 3.06. The predicted octanol–water partition coefficient (Wildman–Crippen LogP) is 2.41. The molecule has 0 aromatic heterocycles. The first-order valence-electron chi connectivity index (χ1n) is 9.71. The molecule has 0 aromatic carbocycles. The van der Waals surface area contributed by atoms with Gasteiger partial charge in [-0.15, -0.1) is 12.4 Å². The Balaban J connectivity index is 0.00000312. The number of likely N-dealkylation sites (tertiary alicyclic amines) is 1. The van der Waals surface area contributed by atoms with Crippen LogP contribution in [-0.2, 0) is 4.79 Å². The number of hydrogen-bond donors (Lipinski definition) is 3. The number of nitrogens with two attached hydrogens (primary N) is 1. The minimum absolute atomic E-state index is 0. The van der Waals surface area contributed by atoms with Gasteiger partial charge in [0.25, 0.3) is 0 Å². The van der Waals surface area contributed by atoms with Crippen LogP contribution in [0.25, 0.3) is 0 Å². The summed E-state index contributed by atoms with van der Waals surface area (Å²) in [6, 6.07) is 0.317. The molecule has 1 unspecified atom stereocenters. The molecule has 1 saturated carbocycles. The SMILES string of the molecule is Cl.NCC1CCN(C(=O)CCCCCNC(=O)NC2CCCCC2)C1. The van der Waals surface area contributed by atoms with Gasteiger partial charge in [0.2, 0.25) is 5.91 Å². The Bertz CT molecular complexity index is 403. The molecule has 146 valence electrons. The van der Waals surface area contributed by atoms with Crippen LogP contribution in [-0.4, -0.2) is 49.1 Å². The highest BCUT2D eigenvalue weighted by Crippen LogP contribution is 2.17. The molecule has 1 saturated heterocycles. The molecular weight excluding hydrogens is 340 g/mol. The van der Waals surface area contributed by atoms with Gasteiger partial charge in [-0.3, -0.25) is 4.79 Å². The second kappa shape index (κ2) is 12.4. The van der Waals surface area contributed by atoms with E-state index in [4.69, 9.17) is 5.73 Å². The molecule has 0 bridgehead atoms. The average molecular weight is 375 g/mol. The summed E-state index contributed by atoms with van der Waals surface area (Å²) in [7, 11) is 0. The molecule has 7 heteroatoms. The molecule has 6 nitrogen and oxygen atoms in total. The Hall–Kier alpha value is -1.01. The number of halogens is 1. The zero-order chi connectivity index (χ0) is 17.2. The monoisotopic (exact) mass is 374 g/mol. The first-order chi connectivity index (χ1) is 11.7. The van der Waals surface area contributed by atoms with Gasteiger partial charge in [0.15, 0.2) is 0 Å². The standard InChI is InChI=1S/C18H34N4O2.ClH/c19-13-15-10-12-22(14-15)17(23)9-5-2-6-11-20-18(24)21-16-7-3-1-4-8-16;/h15-16H,1-14,19H2,(H2,20,21,24);1H. The molecule has 2 rings (SSSR count). The third-order valence-electron chi connectivity index (χ3n) is 5.27. The lowest BCUT2D eigenvalue weighted by atomic mass is 9.96. The van der Waals surface area contributed by atoms with Crippen molar-refractivity contribution in [3.8, 4) is 0 Å². The van der Waals surface area contributed by atoms with Crippen LogP contribution in [0.15, 0.2) is 0 Å². The fourth-order valence-electron chi connectivity index (χ4n) is 3.67. The quantitative estimate of drug-likeness (QED) is 0.570. The van der Waals surface area contributed by atoms with Gasteiger partial charge < -0.3 is 21.3 Å². The number of rotatable bonds is 8. The van der Waals surface area contributed by atoms with Gasteiger partial charge in [-0.1, -0.05) is 25.7 Å². The Morgan fingerprint density at radius 3 is 2.48 bits per heavy atom. The molecule has 3 amide bonds. The number of carbonyl (C=O) groups excluding carboxylic acids is 2. The highest BCUT2D eigenvalue weighted by atomic mass is 35.5. The fourth-order valence-corrected chi connectivity index (χ4v) is 3.67. The lowest BCUT2D eigenvalue weighted by Gasteiger charge is -2.22. The van der Waals surface area contributed by atoms with Gasteiger partial charge in [-0.05, 0) is 44.6 Å². The number of hydrogen-bond acceptors (Lipinski definition) is 3. The van der Waals surface area contributed by atoms with E-state index in [2.05, 4.69) is 10.6 Å². The summed E-state index contributed by atoms with van der Waals surface area (Å²) in [5.74, 6) is 0.745. The van der Waals surface area contributed by atoms with E-state index in [1.807, 2.05) is 4.90 Å². The first-order valence-corrected chi connectivity index (χ1v) is 9.71. The lowest BCUT2D eigenvalue weighted by Crippen LogP contribution is -2.43. The molecule has 4 N–H and O–H groups in total. The van der Waals surface area contributed by atoms with E-state index in [9.17, 15) is 9.59 Å². The maximum Gasteiger partial charge on any atom is 0.315 e. The van der Waals surface area contributed by atoms with Crippen molar-refractivity contribution in [1.29, 1.82) is 0 Å². The van der Waals surface area contributed by atoms with E-state index >= 15 is 0 Å². The van der Waals surface area contributed by atoms with E-state index in [-0.39, 0.29) is 24.3 Å². The van der Waals surface area contributed by atoms with Crippen LogP contribution in [0.3, 0.4) is 0 Å². The predicted molar refractivity (Wildman–Crippen MR) is 103 cm³/mol. The molecule has 1 atom stereocenters. The number of carbonyl (C=O) groups is 2. The normalized spacial score (nSPS) is 20.8. The van der Waals surface area contributed by atoms with Gasteiger partial charge >= 0.3 is 6.03 Å². The Labute approximate surface area is 158 Å². The maximum atomic E-state index is 12.1. The topological polar surface area (TPSA) is 87.5 Å². The Morgan fingerprint density at radius 1 is 1.04 bits per heavy atom. The van der Waals surface area contributed by atoms with Gasteiger partial charge in [-0.2, -0.15) is 0 Å². The molecule has 1 aliphatic heterocycles. The third-order valence-corrected chi connectivity index (χ3v) is 5.27. The number of unbranched alkanes of at least 4 members (excludes halogenated alkanes) is 2. The summed E-state index contributed by atoms with van der Waals surface area (Å²) in [6.07, 6.45) is 10.4. The van der Waals surface area contributed by atoms with Gasteiger partial charge in [-0.25, -0.2) is 4.79 Å². The van der Waals surface area contributed by atoms with Gasteiger partial charge in [0, 0.05) is 32.1 Å². The van der Waals surface area contributed by atoms with Crippen LogP contribution < -0.4 is 16.4 Å². The molecule has 1 aliphatic carbocycles. The van der Waals surface area contributed by atoms with Crippen LogP contribution in [0.5, 0.6) is 0 Å². The molecular formula is C18H35ClN4O2. The Morgan fingerprint density at radius 2 is 1.80 bits per heavy atom. The number of nitrogens with one attached hydrogen (secondary N) is 2. The zero-order valence-electron chi connectivity index (χ0n) is 15.3. The van der Waals surface area contributed by atoms with Crippen molar-refractivity contribution in [3.05, 3.63) is 0 Å². The minimum atomic E-state index is -0.0390. The highest BCUT2D eigenvalue weighted by Gasteiger charge is 2.24. The fraction of sp³-hybridized carbons (Fsp3) is 0.889. The summed E-state index contributed by atoms with van der Waals surface area (Å²) in [5.41, 5.74) is 5.66. The summed E-state index contributed by atoms with van der Waals surface area (Å²) >= 11 is 0. The van der Waals surface area contributed by atoms with Gasteiger partial charge in [0.05, 0.1) is 0 Å². The molecule has 0 radical (unpaired) electrons. The van der Waals surface area contributed by atoms with Crippen LogP contribution in [0, 0.1) is 5.92 Å². The summed E-state index contributed by atoms with van der Waals surface area (Å²) in [4.78, 5) is 25.8. The minimum Gasteiger partial charge on any atom is -0.342 e.